The number of nitrogens with one attached hydrogen (secondary N) is 1. The van der Waals surface area contributed by atoms with Gasteiger partial charge < -0.3 is 15.0 Å². The van der Waals surface area contributed by atoms with Crippen molar-refractivity contribution >= 4 is 29.1 Å². The van der Waals surface area contributed by atoms with Crippen LogP contribution in [0.4, 0.5) is 0 Å². The Bertz CT molecular complexity index is 515. The predicted molar refractivity (Wildman–Crippen MR) is 85.1 cm³/mol. The van der Waals surface area contributed by atoms with E-state index in [-0.39, 0.29) is 11.8 Å². The standard InChI is InChI=1S/C15H20Cl2N2O2/c1-19-5-3-10(4-6-19)15(20)18-9-11-7-12(16)13(17)8-14(11)21-2/h7-8,10H,3-6,9H2,1-2H3,(H,18,20). The van der Waals surface area contributed by atoms with Crippen molar-refractivity contribution in [2.75, 3.05) is 27.2 Å². The number of halogens is 2. The first-order valence-electron chi connectivity index (χ1n) is 6.99. The highest BCUT2D eigenvalue weighted by Gasteiger charge is 2.23. The third-order valence-corrected chi connectivity index (χ3v) is 4.59. The van der Waals surface area contributed by atoms with Crippen LogP contribution in [-0.4, -0.2) is 38.1 Å². The van der Waals surface area contributed by atoms with E-state index in [2.05, 4.69) is 17.3 Å². The lowest BCUT2D eigenvalue weighted by Gasteiger charge is -2.28. The Morgan fingerprint density at radius 1 is 1.33 bits per heavy atom. The van der Waals surface area contributed by atoms with Crippen molar-refractivity contribution in [1.82, 2.24) is 10.2 Å². The molecule has 0 unspecified atom stereocenters. The molecule has 1 fully saturated rings. The number of hydrogen-bond acceptors (Lipinski definition) is 3. The lowest BCUT2D eigenvalue weighted by molar-refractivity contribution is -0.126. The SMILES string of the molecule is COc1cc(Cl)c(Cl)cc1CNC(=O)C1CCN(C)CC1. The molecule has 1 aliphatic rings. The second kappa shape index (κ2) is 7.34. The van der Waals surface area contributed by atoms with Gasteiger partial charge in [-0.15, -0.1) is 0 Å². The Morgan fingerprint density at radius 2 is 1.95 bits per heavy atom. The van der Waals surface area contributed by atoms with E-state index in [1.54, 1.807) is 19.2 Å². The summed E-state index contributed by atoms with van der Waals surface area (Å²) in [5.41, 5.74) is 0.827. The minimum absolute atomic E-state index is 0.0926. The maximum atomic E-state index is 12.2. The number of ether oxygens (including phenoxy) is 1. The number of amides is 1. The molecule has 0 aromatic heterocycles. The predicted octanol–water partition coefficient (Wildman–Crippen LogP) is 2.96. The molecule has 1 aliphatic heterocycles. The van der Waals surface area contributed by atoms with Crippen molar-refractivity contribution in [3.8, 4) is 5.75 Å². The Labute approximate surface area is 135 Å². The highest BCUT2D eigenvalue weighted by molar-refractivity contribution is 6.42. The molecule has 0 atom stereocenters. The molecule has 2 rings (SSSR count). The minimum Gasteiger partial charge on any atom is -0.496 e. The lowest BCUT2D eigenvalue weighted by atomic mass is 9.96. The molecule has 1 aromatic carbocycles. The fourth-order valence-electron chi connectivity index (χ4n) is 2.50. The summed E-state index contributed by atoms with van der Waals surface area (Å²) in [4.78, 5) is 14.4. The molecule has 1 heterocycles. The average Bonchev–Trinajstić information content (AvgIpc) is 2.48. The minimum atomic E-state index is 0.0926. The van der Waals surface area contributed by atoms with E-state index in [4.69, 9.17) is 27.9 Å². The molecule has 0 saturated carbocycles. The fourth-order valence-corrected chi connectivity index (χ4v) is 2.84. The van der Waals surface area contributed by atoms with Crippen molar-refractivity contribution < 1.29 is 9.53 Å². The Balaban J connectivity index is 1.96. The van der Waals surface area contributed by atoms with E-state index >= 15 is 0 Å². The van der Waals surface area contributed by atoms with Gasteiger partial charge in [-0.25, -0.2) is 0 Å². The van der Waals surface area contributed by atoms with Crippen LogP contribution < -0.4 is 10.1 Å². The van der Waals surface area contributed by atoms with Crippen LogP contribution in [0.25, 0.3) is 0 Å². The van der Waals surface area contributed by atoms with E-state index in [1.807, 2.05) is 0 Å². The van der Waals surface area contributed by atoms with Crippen LogP contribution in [-0.2, 0) is 11.3 Å². The molecule has 6 heteroatoms. The van der Waals surface area contributed by atoms with Gasteiger partial charge in [0.25, 0.3) is 0 Å². The molecule has 4 nitrogen and oxygen atoms in total. The summed E-state index contributed by atoms with van der Waals surface area (Å²) in [5, 5.41) is 3.87. The van der Waals surface area contributed by atoms with Crippen LogP contribution >= 0.6 is 23.2 Å². The number of carbonyl (C=O) groups excluding carboxylic acids is 1. The number of nitrogens with zero attached hydrogens (tertiary/aromatic N) is 1. The zero-order valence-electron chi connectivity index (χ0n) is 12.3. The number of rotatable bonds is 4. The average molecular weight is 331 g/mol. The number of methoxy groups -OCH3 is 1. The number of carbonyl (C=O) groups is 1. The van der Waals surface area contributed by atoms with E-state index < -0.39 is 0 Å². The zero-order chi connectivity index (χ0) is 15.4. The molecule has 1 N–H and O–H groups in total. The molecule has 1 amide bonds. The summed E-state index contributed by atoms with van der Waals surface area (Å²) >= 11 is 12.0. The summed E-state index contributed by atoms with van der Waals surface area (Å²) in [6, 6.07) is 3.40. The number of benzene rings is 1. The Kier molecular flexibility index (Phi) is 5.73. The van der Waals surface area contributed by atoms with E-state index in [0.29, 0.717) is 22.3 Å². The maximum Gasteiger partial charge on any atom is 0.223 e. The summed E-state index contributed by atoms with van der Waals surface area (Å²) in [6.07, 6.45) is 1.81. The second-order valence-corrected chi connectivity index (χ2v) is 6.19. The van der Waals surface area contributed by atoms with Gasteiger partial charge in [0.1, 0.15) is 5.75 Å². The monoisotopic (exact) mass is 330 g/mol. The smallest absolute Gasteiger partial charge is 0.223 e. The molecule has 1 aromatic rings. The summed E-state index contributed by atoms with van der Waals surface area (Å²) in [5.74, 6) is 0.819. The van der Waals surface area contributed by atoms with Crippen molar-refractivity contribution in [3.05, 3.63) is 27.7 Å². The lowest BCUT2D eigenvalue weighted by Crippen LogP contribution is -2.38. The van der Waals surface area contributed by atoms with Crippen LogP contribution in [0.3, 0.4) is 0 Å². The second-order valence-electron chi connectivity index (χ2n) is 5.37. The first kappa shape index (κ1) is 16.4. The molecule has 21 heavy (non-hydrogen) atoms. The number of likely N-dealkylation sites (tertiary alicyclic amines) is 1. The largest absolute Gasteiger partial charge is 0.496 e. The fraction of sp³-hybridized carbons (Fsp3) is 0.533. The van der Waals surface area contributed by atoms with Crippen molar-refractivity contribution in [2.24, 2.45) is 5.92 Å². The van der Waals surface area contributed by atoms with Crippen LogP contribution in [0.15, 0.2) is 12.1 Å². The molecule has 0 spiro atoms. The van der Waals surface area contributed by atoms with Gasteiger partial charge in [0.15, 0.2) is 0 Å². The molecule has 1 saturated heterocycles. The quantitative estimate of drug-likeness (QED) is 0.922. The first-order chi connectivity index (χ1) is 10.0. The Hall–Kier alpha value is -0.970. The molecule has 116 valence electrons. The van der Waals surface area contributed by atoms with Crippen molar-refractivity contribution in [1.29, 1.82) is 0 Å². The van der Waals surface area contributed by atoms with E-state index in [0.717, 1.165) is 31.5 Å². The summed E-state index contributed by atoms with van der Waals surface area (Å²) in [6.45, 7) is 2.33. The van der Waals surface area contributed by atoms with Gasteiger partial charge in [0, 0.05) is 24.1 Å². The maximum absolute atomic E-state index is 12.2. The molecular formula is C15H20Cl2N2O2. The van der Waals surface area contributed by atoms with Gasteiger partial charge in [-0.1, -0.05) is 23.2 Å². The van der Waals surface area contributed by atoms with Crippen LogP contribution in [0.1, 0.15) is 18.4 Å². The van der Waals surface area contributed by atoms with Gasteiger partial charge in [-0.05, 0) is 39.0 Å². The van der Waals surface area contributed by atoms with Crippen LogP contribution in [0.5, 0.6) is 5.75 Å². The van der Waals surface area contributed by atoms with Gasteiger partial charge in [-0.2, -0.15) is 0 Å². The molecule has 0 aliphatic carbocycles. The Morgan fingerprint density at radius 3 is 2.57 bits per heavy atom. The summed E-state index contributed by atoms with van der Waals surface area (Å²) in [7, 11) is 3.65. The van der Waals surface area contributed by atoms with Gasteiger partial charge in [-0.3, -0.25) is 4.79 Å². The highest BCUT2D eigenvalue weighted by atomic mass is 35.5. The van der Waals surface area contributed by atoms with Gasteiger partial charge >= 0.3 is 0 Å². The normalized spacial score (nSPS) is 16.8. The van der Waals surface area contributed by atoms with Gasteiger partial charge in [0.2, 0.25) is 5.91 Å². The third kappa shape index (κ3) is 4.25. The molecular weight excluding hydrogens is 311 g/mol. The summed E-state index contributed by atoms with van der Waals surface area (Å²) < 4.78 is 5.27. The number of piperidine rings is 1. The van der Waals surface area contributed by atoms with Crippen molar-refractivity contribution in [2.45, 2.75) is 19.4 Å². The van der Waals surface area contributed by atoms with Crippen molar-refractivity contribution in [3.63, 3.8) is 0 Å². The highest BCUT2D eigenvalue weighted by Crippen LogP contribution is 2.30. The first-order valence-corrected chi connectivity index (χ1v) is 7.75. The molecule has 0 radical (unpaired) electrons. The molecule has 0 bridgehead atoms. The zero-order valence-corrected chi connectivity index (χ0v) is 13.8. The topological polar surface area (TPSA) is 41.6 Å². The number of hydrogen-bond donors (Lipinski definition) is 1. The van der Waals surface area contributed by atoms with Crippen LogP contribution in [0.2, 0.25) is 10.0 Å². The van der Waals surface area contributed by atoms with E-state index in [9.17, 15) is 4.79 Å². The van der Waals surface area contributed by atoms with E-state index in [1.165, 1.54) is 0 Å². The van der Waals surface area contributed by atoms with Gasteiger partial charge in [0.05, 0.1) is 17.2 Å². The third-order valence-electron chi connectivity index (χ3n) is 3.87. The van der Waals surface area contributed by atoms with Crippen LogP contribution in [0, 0.1) is 5.92 Å².